The Bertz CT molecular complexity index is 345. The molecule has 1 fully saturated rings. The van der Waals surface area contributed by atoms with Gasteiger partial charge in [-0.15, -0.1) is 0 Å². The van der Waals surface area contributed by atoms with E-state index in [1.165, 1.54) is 51.0 Å². The lowest BCUT2D eigenvalue weighted by molar-refractivity contribution is 0.273. The van der Waals surface area contributed by atoms with Crippen LogP contribution in [0.5, 0.6) is 0 Å². The van der Waals surface area contributed by atoms with Crippen LogP contribution >= 0.6 is 0 Å². The summed E-state index contributed by atoms with van der Waals surface area (Å²) in [6, 6.07) is 3.02. The summed E-state index contributed by atoms with van der Waals surface area (Å²) in [6.07, 6.45) is 7.41. The van der Waals surface area contributed by atoms with Gasteiger partial charge in [0.1, 0.15) is 5.82 Å². The minimum atomic E-state index is -0.307. The van der Waals surface area contributed by atoms with Crippen LogP contribution in [0.4, 0.5) is 4.39 Å². The molecule has 0 bridgehead atoms. The molecular weight excluding hydrogens is 229 g/mol. The quantitative estimate of drug-likeness (QED) is 0.894. The van der Waals surface area contributed by atoms with Crippen molar-refractivity contribution < 1.29 is 4.39 Å². The molecule has 1 aliphatic rings. The van der Waals surface area contributed by atoms with Crippen LogP contribution in [0.2, 0.25) is 0 Å². The topological polar surface area (TPSA) is 42.1 Å². The van der Waals surface area contributed by atoms with Gasteiger partial charge in [-0.25, -0.2) is 4.39 Å². The number of nitrogens with two attached hydrogens (primary N) is 1. The molecule has 2 heterocycles. The van der Waals surface area contributed by atoms with Crippen LogP contribution in [-0.2, 0) is 0 Å². The molecule has 1 saturated heterocycles. The summed E-state index contributed by atoms with van der Waals surface area (Å²) < 4.78 is 12.8. The number of likely N-dealkylation sites (tertiary alicyclic amines) is 1. The molecule has 18 heavy (non-hydrogen) atoms. The monoisotopic (exact) mass is 251 g/mol. The highest BCUT2D eigenvalue weighted by molar-refractivity contribution is 5.09. The van der Waals surface area contributed by atoms with Crippen LogP contribution in [0.15, 0.2) is 18.3 Å². The molecule has 0 radical (unpaired) electrons. The first-order valence-corrected chi connectivity index (χ1v) is 6.85. The zero-order valence-corrected chi connectivity index (χ0v) is 10.8. The van der Waals surface area contributed by atoms with Crippen LogP contribution in [-0.4, -0.2) is 29.5 Å². The van der Waals surface area contributed by atoms with Crippen molar-refractivity contribution >= 4 is 0 Å². The van der Waals surface area contributed by atoms with Gasteiger partial charge >= 0.3 is 0 Å². The third-order valence-electron chi connectivity index (χ3n) is 3.59. The Morgan fingerprint density at radius 1 is 1.22 bits per heavy atom. The van der Waals surface area contributed by atoms with Crippen molar-refractivity contribution in [2.24, 2.45) is 5.73 Å². The van der Waals surface area contributed by atoms with Gasteiger partial charge in [-0.3, -0.25) is 4.98 Å². The highest BCUT2D eigenvalue weighted by Crippen LogP contribution is 2.15. The SMILES string of the molecule is NC(CCN1CCCCCC1)c1ccc(F)cn1. The summed E-state index contributed by atoms with van der Waals surface area (Å²) in [7, 11) is 0. The largest absolute Gasteiger partial charge is 0.323 e. The van der Waals surface area contributed by atoms with Crippen molar-refractivity contribution in [2.75, 3.05) is 19.6 Å². The van der Waals surface area contributed by atoms with Gasteiger partial charge in [-0.05, 0) is 51.0 Å². The highest BCUT2D eigenvalue weighted by Gasteiger charge is 2.12. The molecule has 0 aromatic carbocycles. The molecule has 4 heteroatoms. The lowest BCUT2D eigenvalue weighted by Crippen LogP contribution is -2.28. The Labute approximate surface area is 108 Å². The lowest BCUT2D eigenvalue weighted by Gasteiger charge is -2.21. The van der Waals surface area contributed by atoms with Crippen LogP contribution < -0.4 is 5.73 Å². The summed E-state index contributed by atoms with van der Waals surface area (Å²) in [5, 5.41) is 0. The Morgan fingerprint density at radius 3 is 2.56 bits per heavy atom. The van der Waals surface area contributed by atoms with Crippen molar-refractivity contribution in [1.82, 2.24) is 9.88 Å². The van der Waals surface area contributed by atoms with Gasteiger partial charge in [0.15, 0.2) is 0 Å². The maximum absolute atomic E-state index is 12.8. The van der Waals surface area contributed by atoms with Gasteiger partial charge in [0.2, 0.25) is 0 Å². The number of halogens is 1. The van der Waals surface area contributed by atoms with E-state index in [0.29, 0.717) is 0 Å². The van der Waals surface area contributed by atoms with Crippen LogP contribution in [0.25, 0.3) is 0 Å². The molecule has 1 aromatic rings. The van der Waals surface area contributed by atoms with E-state index in [2.05, 4.69) is 9.88 Å². The molecule has 0 saturated carbocycles. The maximum Gasteiger partial charge on any atom is 0.141 e. The normalized spacial score (nSPS) is 19.4. The zero-order chi connectivity index (χ0) is 12.8. The van der Waals surface area contributed by atoms with E-state index in [4.69, 9.17) is 5.73 Å². The maximum atomic E-state index is 12.8. The van der Waals surface area contributed by atoms with Crippen molar-refractivity contribution in [3.05, 3.63) is 29.8 Å². The van der Waals surface area contributed by atoms with E-state index < -0.39 is 0 Å². The smallest absolute Gasteiger partial charge is 0.141 e. The second-order valence-corrected chi connectivity index (χ2v) is 5.05. The molecular formula is C14H22FN3. The van der Waals surface area contributed by atoms with Crippen molar-refractivity contribution in [3.8, 4) is 0 Å². The first kappa shape index (κ1) is 13.4. The van der Waals surface area contributed by atoms with E-state index >= 15 is 0 Å². The number of nitrogens with zero attached hydrogens (tertiary/aromatic N) is 2. The summed E-state index contributed by atoms with van der Waals surface area (Å²) in [5.74, 6) is -0.307. The first-order valence-electron chi connectivity index (χ1n) is 6.85. The average molecular weight is 251 g/mol. The fraction of sp³-hybridized carbons (Fsp3) is 0.643. The van der Waals surface area contributed by atoms with Crippen molar-refractivity contribution in [2.45, 2.75) is 38.1 Å². The molecule has 3 nitrogen and oxygen atoms in total. The van der Waals surface area contributed by atoms with Gasteiger partial charge in [0.05, 0.1) is 11.9 Å². The highest BCUT2D eigenvalue weighted by atomic mass is 19.1. The Hall–Kier alpha value is -1.00. The third kappa shape index (κ3) is 4.03. The Kier molecular flexibility index (Phi) is 5.08. The first-order chi connectivity index (χ1) is 8.75. The minimum absolute atomic E-state index is 0.0890. The Balaban J connectivity index is 1.80. The minimum Gasteiger partial charge on any atom is -0.323 e. The number of pyridine rings is 1. The number of aromatic nitrogens is 1. The third-order valence-corrected chi connectivity index (χ3v) is 3.59. The van der Waals surface area contributed by atoms with Gasteiger partial charge in [-0.2, -0.15) is 0 Å². The van der Waals surface area contributed by atoms with Crippen LogP contribution in [0, 0.1) is 5.82 Å². The standard InChI is InChI=1S/C14H22FN3/c15-12-5-6-14(17-11-12)13(16)7-10-18-8-3-1-2-4-9-18/h5-6,11,13H,1-4,7-10,16H2. The molecule has 0 spiro atoms. The Morgan fingerprint density at radius 2 is 1.94 bits per heavy atom. The average Bonchev–Trinajstić information content (AvgIpc) is 2.65. The van der Waals surface area contributed by atoms with E-state index in [-0.39, 0.29) is 11.9 Å². The van der Waals surface area contributed by atoms with E-state index in [9.17, 15) is 4.39 Å². The number of hydrogen-bond donors (Lipinski definition) is 1. The van der Waals surface area contributed by atoms with Gasteiger partial charge in [0, 0.05) is 6.04 Å². The zero-order valence-electron chi connectivity index (χ0n) is 10.8. The molecule has 100 valence electrons. The summed E-state index contributed by atoms with van der Waals surface area (Å²) in [6.45, 7) is 3.38. The predicted molar refractivity (Wildman–Crippen MR) is 70.6 cm³/mol. The van der Waals surface area contributed by atoms with Crippen LogP contribution in [0.3, 0.4) is 0 Å². The van der Waals surface area contributed by atoms with Crippen molar-refractivity contribution in [1.29, 1.82) is 0 Å². The summed E-state index contributed by atoms with van der Waals surface area (Å²) in [5.41, 5.74) is 6.87. The molecule has 0 aliphatic carbocycles. The molecule has 1 atom stereocenters. The predicted octanol–water partition coefficient (Wildman–Crippen LogP) is 2.49. The van der Waals surface area contributed by atoms with Gasteiger partial charge in [-0.1, -0.05) is 12.8 Å². The van der Waals surface area contributed by atoms with E-state index in [1.807, 2.05) is 0 Å². The molecule has 0 amide bonds. The van der Waals surface area contributed by atoms with E-state index in [0.717, 1.165) is 18.7 Å². The van der Waals surface area contributed by atoms with E-state index in [1.54, 1.807) is 6.07 Å². The van der Waals surface area contributed by atoms with Gasteiger partial charge < -0.3 is 10.6 Å². The molecule has 2 rings (SSSR count). The van der Waals surface area contributed by atoms with Crippen LogP contribution in [0.1, 0.15) is 43.8 Å². The molecule has 1 aromatic heterocycles. The summed E-state index contributed by atoms with van der Waals surface area (Å²) in [4.78, 5) is 6.52. The lowest BCUT2D eigenvalue weighted by atomic mass is 10.1. The van der Waals surface area contributed by atoms with Crippen molar-refractivity contribution in [3.63, 3.8) is 0 Å². The second kappa shape index (κ2) is 6.81. The molecule has 2 N–H and O–H groups in total. The number of rotatable bonds is 4. The fourth-order valence-corrected chi connectivity index (χ4v) is 2.44. The number of hydrogen-bond acceptors (Lipinski definition) is 3. The van der Waals surface area contributed by atoms with Gasteiger partial charge in [0.25, 0.3) is 0 Å². The second-order valence-electron chi connectivity index (χ2n) is 5.05. The molecule has 1 aliphatic heterocycles. The fourth-order valence-electron chi connectivity index (χ4n) is 2.44. The molecule has 1 unspecified atom stereocenters. The summed E-state index contributed by atoms with van der Waals surface area (Å²) >= 11 is 0.